The van der Waals surface area contributed by atoms with Crippen LogP contribution in [0.3, 0.4) is 0 Å². The summed E-state index contributed by atoms with van der Waals surface area (Å²) < 4.78 is 25.9. The Balaban J connectivity index is 1.23. The molecule has 2 heterocycles. The van der Waals surface area contributed by atoms with Crippen molar-refractivity contribution in [3.8, 4) is 16.9 Å². The summed E-state index contributed by atoms with van der Waals surface area (Å²) in [5, 5.41) is 0. The number of rotatable bonds is 5. The van der Waals surface area contributed by atoms with E-state index in [2.05, 4.69) is 42.5 Å². The van der Waals surface area contributed by atoms with Crippen molar-refractivity contribution in [2.45, 2.75) is 50.6 Å². The molecule has 6 rings (SSSR count). The second kappa shape index (κ2) is 9.45. The standard InChI is InChI=1S/C31H30FNO3/c1-2-35-30-15-14-21(32)18-28(30)20-16-22-8-7-9-23(17-20)33(22)31(34)36-19-29-26-12-5-3-10-24(26)25-11-4-6-13-27(25)29/h3-6,10-16,18,22-23,29H,2,7-9,17,19H2,1H3. The quantitative estimate of drug-likeness (QED) is 0.386. The molecule has 1 fully saturated rings. The van der Waals surface area contributed by atoms with Crippen LogP contribution in [0.25, 0.3) is 16.7 Å². The molecule has 1 aliphatic carbocycles. The maximum absolute atomic E-state index is 14.1. The maximum Gasteiger partial charge on any atom is 0.410 e. The van der Waals surface area contributed by atoms with Crippen LogP contribution >= 0.6 is 0 Å². The highest BCUT2D eigenvalue weighted by Crippen LogP contribution is 2.45. The van der Waals surface area contributed by atoms with Crippen LogP contribution in [0.4, 0.5) is 9.18 Å². The van der Waals surface area contributed by atoms with Gasteiger partial charge in [-0.3, -0.25) is 4.90 Å². The smallest absolute Gasteiger partial charge is 0.410 e. The van der Waals surface area contributed by atoms with E-state index < -0.39 is 0 Å². The minimum absolute atomic E-state index is 0.0390. The summed E-state index contributed by atoms with van der Waals surface area (Å²) in [4.78, 5) is 15.4. The van der Waals surface area contributed by atoms with Crippen molar-refractivity contribution < 1.29 is 18.7 Å². The van der Waals surface area contributed by atoms with Crippen LogP contribution in [0.1, 0.15) is 55.2 Å². The predicted octanol–water partition coefficient (Wildman–Crippen LogP) is 7.18. The van der Waals surface area contributed by atoms with Gasteiger partial charge in [0.2, 0.25) is 0 Å². The lowest BCUT2D eigenvalue weighted by Crippen LogP contribution is -2.51. The van der Waals surface area contributed by atoms with E-state index in [9.17, 15) is 9.18 Å². The number of fused-ring (bicyclic) bond motifs is 5. The Hall–Kier alpha value is -3.60. The fraction of sp³-hybridized carbons (Fsp3) is 0.323. The third kappa shape index (κ3) is 3.97. The lowest BCUT2D eigenvalue weighted by Gasteiger charge is -2.44. The third-order valence-electron chi connectivity index (χ3n) is 7.77. The molecule has 1 saturated heterocycles. The van der Waals surface area contributed by atoms with Gasteiger partial charge in [-0.2, -0.15) is 0 Å². The van der Waals surface area contributed by atoms with Crippen LogP contribution < -0.4 is 4.74 Å². The van der Waals surface area contributed by atoms with Crippen molar-refractivity contribution >= 4 is 11.7 Å². The van der Waals surface area contributed by atoms with Crippen molar-refractivity contribution in [1.29, 1.82) is 0 Å². The van der Waals surface area contributed by atoms with E-state index in [0.29, 0.717) is 25.4 Å². The fourth-order valence-corrected chi connectivity index (χ4v) is 6.22. The summed E-state index contributed by atoms with van der Waals surface area (Å²) in [6.07, 6.45) is 5.39. The zero-order valence-corrected chi connectivity index (χ0v) is 20.5. The van der Waals surface area contributed by atoms with Crippen LogP contribution in [-0.2, 0) is 4.74 Å². The molecule has 36 heavy (non-hydrogen) atoms. The second-order valence-electron chi connectivity index (χ2n) is 9.83. The van der Waals surface area contributed by atoms with E-state index in [1.165, 1.54) is 28.3 Å². The topological polar surface area (TPSA) is 38.8 Å². The number of benzene rings is 3. The molecule has 4 nitrogen and oxygen atoms in total. The Labute approximate surface area is 211 Å². The molecule has 0 N–H and O–H groups in total. The molecule has 0 spiro atoms. The molecule has 3 aliphatic rings. The highest BCUT2D eigenvalue weighted by Gasteiger charge is 2.39. The first kappa shape index (κ1) is 22.8. The normalized spacial score (nSPS) is 20.4. The van der Waals surface area contributed by atoms with Gasteiger partial charge in [-0.15, -0.1) is 0 Å². The van der Waals surface area contributed by atoms with Gasteiger partial charge in [-0.25, -0.2) is 9.18 Å². The molecular formula is C31H30FNO3. The van der Waals surface area contributed by atoms with Crippen molar-refractivity contribution in [2.24, 2.45) is 0 Å². The number of halogens is 1. The Morgan fingerprint density at radius 3 is 2.39 bits per heavy atom. The molecule has 2 bridgehead atoms. The van der Waals surface area contributed by atoms with Crippen LogP contribution in [0.2, 0.25) is 0 Å². The number of piperidine rings is 1. The van der Waals surface area contributed by atoms with Gasteiger partial charge in [0.05, 0.1) is 12.6 Å². The summed E-state index contributed by atoms with van der Waals surface area (Å²) in [5.41, 5.74) is 6.70. The molecule has 0 saturated carbocycles. The van der Waals surface area contributed by atoms with Gasteiger partial charge in [-0.1, -0.05) is 54.6 Å². The molecule has 0 radical (unpaired) electrons. The monoisotopic (exact) mass is 483 g/mol. The van der Waals surface area contributed by atoms with Crippen LogP contribution in [0.5, 0.6) is 5.75 Å². The summed E-state index contributed by atoms with van der Waals surface area (Å²) in [6, 6.07) is 21.4. The van der Waals surface area contributed by atoms with Gasteiger partial charge >= 0.3 is 6.09 Å². The average Bonchev–Trinajstić information content (AvgIpc) is 3.21. The Bertz CT molecular complexity index is 1290. The lowest BCUT2D eigenvalue weighted by atomic mass is 9.83. The van der Waals surface area contributed by atoms with Crippen LogP contribution in [0.15, 0.2) is 72.8 Å². The van der Waals surface area contributed by atoms with Gasteiger partial charge in [0.1, 0.15) is 18.2 Å². The van der Waals surface area contributed by atoms with Crippen molar-refractivity contribution in [2.75, 3.05) is 13.2 Å². The number of nitrogens with zero attached hydrogens (tertiary/aromatic N) is 1. The average molecular weight is 484 g/mol. The van der Waals surface area contributed by atoms with Gasteiger partial charge < -0.3 is 9.47 Å². The summed E-state index contributed by atoms with van der Waals surface area (Å²) in [7, 11) is 0. The van der Waals surface area contributed by atoms with Gasteiger partial charge in [0.15, 0.2) is 0 Å². The summed E-state index contributed by atoms with van der Waals surface area (Å²) >= 11 is 0. The maximum atomic E-state index is 14.1. The van der Waals surface area contributed by atoms with E-state index in [-0.39, 0.29) is 29.9 Å². The third-order valence-corrected chi connectivity index (χ3v) is 7.77. The minimum Gasteiger partial charge on any atom is -0.493 e. The molecule has 2 atom stereocenters. The zero-order valence-electron chi connectivity index (χ0n) is 20.5. The van der Waals surface area contributed by atoms with Crippen LogP contribution in [0, 0.1) is 5.82 Å². The number of ether oxygens (including phenoxy) is 2. The molecular weight excluding hydrogens is 453 g/mol. The highest BCUT2D eigenvalue weighted by molar-refractivity contribution is 5.80. The molecule has 2 aliphatic heterocycles. The minimum atomic E-state index is -0.279. The molecule has 5 heteroatoms. The Morgan fingerprint density at radius 2 is 1.69 bits per heavy atom. The summed E-state index contributed by atoms with van der Waals surface area (Å²) in [6.45, 7) is 2.76. The SMILES string of the molecule is CCOc1ccc(F)cc1C1=CC2CCCC(C1)N2C(=O)OCC1c2ccccc2-c2ccccc21. The number of carbonyl (C=O) groups is 1. The molecule has 0 aromatic heterocycles. The Kier molecular flexibility index (Phi) is 6.00. The highest BCUT2D eigenvalue weighted by atomic mass is 19.1. The van der Waals surface area contributed by atoms with E-state index in [0.717, 1.165) is 30.4 Å². The number of amides is 1. The fourth-order valence-electron chi connectivity index (χ4n) is 6.22. The second-order valence-corrected chi connectivity index (χ2v) is 9.83. The van der Waals surface area contributed by atoms with Crippen molar-refractivity contribution in [1.82, 2.24) is 4.90 Å². The van der Waals surface area contributed by atoms with Crippen LogP contribution in [-0.4, -0.2) is 36.3 Å². The number of hydrogen-bond acceptors (Lipinski definition) is 3. The molecule has 184 valence electrons. The summed E-state index contributed by atoms with van der Waals surface area (Å²) in [5.74, 6) is 0.453. The van der Waals surface area contributed by atoms with Gasteiger partial charge in [0, 0.05) is 17.5 Å². The van der Waals surface area contributed by atoms with E-state index in [1.54, 1.807) is 12.1 Å². The molecule has 3 aromatic rings. The first-order chi connectivity index (χ1) is 17.6. The van der Waals surface area contributed by atoms with E-state index >= 15 is 0 Å². The Morgan fingerprint density at radius 1 is 0.972 bits per heavy atom. The largest absolute Gasteiger partial charge is 0.493 e. The van der Waals surface area contributed by atoms with E-state index in [4.69, 9.17) is 9.47 Å². The number of hydrogen-bond donors (Lipinski definition) is 0. The predicted molar refractivity (Wildman–Crippen MR) is 138 cm³/mol. The molecule has 3 aromatic carbocycles. The molecule has 1 amide bonds. The lowest BCUT2D eigenvalue weighted by molar-refractivity contribution is 0.0538. The van der Waals surface area contributed by atoms with E-state index in [1.807, 2.05) is 24.0 Å². The van der Waals surface area contributed by atoms with Crippen molar-refractivity contribution in [3.63, 3.8) is 0 Å². The van der Waals surface area contributed by atoms with Crippen molar-refractivity contribution in [3.05, 3.63) is 95.3 Å². The first-order valence-electron chi connectivity index (χ1n) is 12.9. The first-order valence-corrected chi connectivity index (χ1v) is 12.9. The molecule has 2 unspecified atom stereocenters. The zero-order chi connectivity index (χ0) is 24.6. The number of carbonyl (C=O) groups excluding carboxylic acids is 1. The van der Waals surface area contributed by atoms with Gasteiger partial charge in [0.25, 0.3) is 0 Å². The van der Waals surface area contributed by atoms with Gasteiger partial charge in [-0.05, 0) is 78.6 Å².